The first kappa shape index (κ1) is 17.7. The molecule has 2 aromatic carbocycles. The highest BCUT2D eigenvalue weighted by molar-refractivity contribution is 5.78. The Morgan fingerprint density at radius 2 is 1.28 bits per heavy atom. The number of hydrogen-bond acceptors (Lipinski definition) is 2. The van der Waals surface area contributed by atoms with Crippen molar-refractivity contribution in [2.45, 2.75) is 38.1 Å². The van der Waals surface area contributed by atoms with Crippen molar-refractivity contribution in [2.24, 2.45) is 0 Å². The molecule has 0 atom stereocenters. The average molecular weight is 336 g/mol. The molecule has 0 saturated carbocycles. The highest BCUT2D eigenvalue weighted by Gasteiger charge is 2.18. The van der Waals surface area contributed by atoms with Crippen LogP contribution in [0, 0.1) is 0 Å². The number of likely N-dealkylation sites (tertiary alicyclic amines) is 1. The predicted molar refractivity (Wildman–Crippen MR) is 102 cm³/mol. The molecule has 1 saturated heterocycles. The molecule has 0 aromatic heterocycles. The first-order valence-electron chi connectivity index (χ1n) is 9.45. The maximum atomic E-state index is 12.7. The van der Waals surface area contributed by atoms with Crippen LogP contribution in [-0.4, -0.2) is 30.4 Å². The van der Waals surface area contributed by atoms with Crippen molar-refractivity contribution < 1.29 is 4.79 Å². The molecule has 0 radical (unpaired) electrons. The summed E-state index contributed by atoms with van der Waals surface area (Å²) < 4.78 is 0. The maximum Gasteiger partial charge on any atom is 0.236 e. The van der Waals surface area contributed by atoms with Gasteiger partial charge in [-0.15, -0.1) is 0 Å². The summed E-state index contributed by atoms with van der Waals surface area (Å²) in [6, 6.07) is 20.8. The van der Waals surface area contributed by atoms with Crippen LogP contribution in [0.25, 0.3) is 0 Å². The molecule has 1 amide bonds. The summed E-state index contributed by atoms with van der Waals surface area (Å²) in [5.41, 5.74) is 2.38. The first-order valence-corrected chi connectivity index (χ1v) is 9.45. The Bertz CT molecular complexity index is 594. The third kappa shape index (κ3) is 5.17. The summed E-state index contributed by atoms with van der Waals surface area (Å²) in [6.45, 7) is 2.19. The monoisotopic (exact) mass is 336 g/mol. The quantitative estimate of drug-likeness (QED) is 0.889. The van der Waals surface area contributed by atoms with Crippen LogP contribution in [0.15, 0.2) is 60.7 Å². The number of rotatable bonds is 5. The van der Waals surface area contributed by atoms with Gasteiger partial charge in [0.15, 0.2) is 0 Å². The van der Waals surface area contributed by atoms with Gasteiger partial charge in [-0.05, 0) is 24.0 Å². The molecule has 2 aromatic rings. The number of benzene rings is 2. The lowest BCUT2D eigenvalue weighted by molar-refractivity contribution is -0.130. The second-order valence-electron chi connectivity index (χ2n) is 6.78. The normalized spacial score (nSPS) is 15.6. The molecule has 1 aliphatic rings. The average Bonchev–Trinajstić information content (AvgIpc) is 2.63. The zero-order valence-corrected chi connectivity index (χ0v) is 14.9. The standard InChI is InChI=1S/C22H28N2O/c25-21(24-16-10-2-1-3-11-17-24)18-23-22(19-12-6-4-7-13-19)20-14-8-5-9-15-20/h4-9,12-15,22-23H,1-3,10-11,16-18H2. The van der Waals surface area contributed by atoms with Gasteiger partial charge in [-0.25, -0.2) is 0 Å². The predicted octanol–water partition coefficient (Wildman–Crippen LogP) is 4.16. The molecule has 132 valence electrons. The smallest absolute Gasteiger partial charge is 0.236 e. The molecule has 1 heterocycles. The van der Waals surface area contributed by atoms with E-state index in [2.05, 4.69) is 29.6 Å². The van der Waals surface area contributed by atoms with E-state index < -0.39 is 0 Å². The molecule has 0 spiro atoms. The summed E-state index contributed by atoms with van der Waals surface area (Å²) in [4.78, 5) is 14.7. The van der Waals surface area contributed by atoms with Crippen molar-refractivity contribution >= 4 is 5.91 Å². The highest BCUT2D eigenvalue weighted by Crippen LogP contribution is 2.21. The molecule has 3 nitrogen and oxygen atoms in total. The van der Waals surface area contributed by atoms with Gasteiger partial charge in [-0.1, -0.05) is 79.9 Å². The molecular formula is C22H28N2O. The van der Waals surface area contributed by atoms with Crippen molar-refractivity contribution in [1.82, 2.24) is 10.2 Å². The second-order valence-corrected chi connectivity index (χ2v) is 6.78. The largest absolute Gasteiger partial charge is 0.342 e. The molecule has 0 aliphatic carbocycles. The lowest BCUT2D eigenvalue weighted by Crippen LogP contribution is -2.41. The molecule has 0 bridgehead atoms. The van der Waals surface area contributed by atoms with E-state index in [1.165, 1.54) is 30.4 Å². The minimum atomic E-state index is 0.0427. The summed E-state index contributed by atoms with van der Waals surface area (Å²) in [7, 11) is 0. The van der Waals surface area contributed by atoms with Gasteiger partial charge in [0.25, 0.3) is 0 Å². The Labute approximate surface area is 151 Å². The number of amides is 1. The molecule has 1 N–H and O–H groups in total. The van der Waals surface area contributed by atoms with Gasteiger partial charge in [0.1, 0.15) is 0 Å². The van der Waals surface area contributed by atoms with Crippen molar-refractivity contribution in [3.63, 3.8) is 0 Å². The lowest BCUT2D eigenvalue weighted by atomic mass is 9.99. The van der Waals surface area contributed by atoms with E-state index in [1.54, 1.807) is 0 Å². The highest BCUT2D eigenvalue weighted by atomic mass is 16.2. The summed E-state index contributed by atoms with van der Waals surface area (Å²) in [5.74, 6) is 0.221. The van der Waals surface area contributed by atoms with Crippen molar-refractivity contribution in [1.29, 1.82) is 0 Å². The van der Waals surface area contributed by atoms with Crippen LogP contribution in [0.4, 0.5) is 0 Å². The van der Waals surface area contributed by atoms with Crippen LogP contribution in [0.5, 0.6) is 0 Å². The zero-order chi connectivity index (χ0) is 17.3. The van der Waals surface area contributed by atoms with E-state index >= 15 is 0 Å². The van der Waals surface area contributed by atoms with Crippen molar-refractivity contribution in [3.05, 3.63) is 71.8 Å². The van der Waals surface area contributed by atoms with Gasteiger partial charge < -0.3 is 4.90 Å². The SMILES string of the molecule is O=C(CNC(c1ccccc1)c1ccccc1)N1CCCCCCC1. The van der Waals surface area contributed by atoms with E-state index in [1.807, 2.05) is 41.3 Å². The van der Waals surface area contributed by atoms with Gasteiger partial charge in [-0.3, -0.25) is 10.1 Å². The van der Waals surface area contributed by atoms with Gasteiger partial charge in [-0.2, -0.15) is 0 Å². The van der Waals surface area contributed by atoms with E-state index in [0.29, 0.717) is 6.54 Å². The Balaban J connectivity index is 1.67. The first-order chi connectivity index (χ1) is 12.3. The Morgan fingerprint density at radius 3 is 1.80 bits per heavy atom. The summed E-state index contributed by atoms with van der Waals surface area (Å²) in [5, 5.41) is 3.49. The topological polar surface area (TPSA) is 32.3 Å². The van der Waals surface area contributed by atoms with Crippen LogP contribution in [0.1, 0.15) is 49.3 Å². The Morgan fingerprint density at radius 1 is 0.800 bits per heavy atom. The number of carbonyl (C=O) groups excluding carboxylic acids is 1. The van der Waals surface area contributed by atoms with Crippen LogP contribution >= 0.6 is 0 Å². The van der Waals surface area contributed by atoms with E-state index in [0.717, 1.165) is 25.9 Å². The second kappa shape index (κ2) is 9.38. The number of carbonyl (C=O) groups is 1. The van der Waals surface area contributed by atoms with Gasteiger partial charge >= 0.3 is 0 Å². The van der Waals surface area contributed by atoms with E-state index in [4.69, 9.17) is 0 Å². The summed E-state index contributed by atoms with van der Waals surface area (Å²) in [6.07, 6.45) is 6.06. The van der Waals surface area contributed by atoms with Crippen LogP contribution < -0.4 is 5.32 Å². The lowest BCUT2D eigenvalue weighted by Gasteiger charge is -2.26. The Kier molecular flexibility index (Phi) is 6.63. The van der Waals surface area contributed by atoms with Gasteiger partial charge in [0, 0.05) is 13.1 Å². The number of nitrogens with zero attached hydrogens (tertiary/aromatic N) is 1. The van der Waals surface area contributed by atoms with Gasteiger partial charge in [0.2, 0.25) is 5.91 Å². The number of hydrogen-bond donors (Lipinski definition) is 1. The molecular weight excluding hydrogens is 308 g/mol. The van der Waals surface area contributed by atoms with Crippen molar-refractivity contribution in [2.75, 3.05) is 19.6 Å². The molecule has 0 unspecified atom stereocenters. The van der Waals surface area contributed by atoms with E-state index in [-0.39, 0.29) is 11.9 Å². The minimum Gasteiger partial charge on any atom is -0.342 e. The molecule has 25 heavy (non-hydrogen) atoms. The maximum absolute atomic E-state index is 12.7. The number of nitrogens with one attached hydrogen (secondary N) is 1. The zero-order valence-electron chi connectivity index (χ0n) is 14.9. The van der Waals surface area contributed by atoms with Crippen LogP contribution in [-0.2, 0) is 4.79 Å². The Hall–Kier alpha value is -2.13. The fraction of sp³-hybridized carbons (Fsp3) is 0.409. The molecule has 1 aliphatic heterocycles. The van der Waals surface area contributed by atoms with Crippen LogP contribution in [0.2, 0.25) is 0 Å². The molecule has 3 rings (SSSR count). The third-order valence-corrected chi connectivity index (χ3v) is 4.93. The molecule has 3 heteroatoms. The van der Waals surface area contributed by atoms with Crippen LogP contribution in [0.3, 0.4) is 0 Å². The fourth-order valence-corrected chi connectivity index (χ4v) is 3.52. The minimum absolute atomic E-state index is 0.0427. The fourth-order valence-electron chi connectivity index (χ4n) is 3.52. The third-order valence-electron chi connectivity index (χ3n) is 4.93. The molecule has 1 fully saturated rings. The van der Waals surface area contributed by atoms with Gasteiger partial charge in [0.05, 0.1) is 12.6 Å². The van der Waals surface area contributed by atoms with E-state index in [9.17, 15) is 4.79 Å². The summed E-state index contributed by atoms with van der Waals surface area (Å²) >= 11 is 0. The van der Waals surface area contributed by atoms with Crippen molar-refractivity contribution in [3.8, 4) is 0 Å².